The van der Waals surface area contributed by atoms with Crippen LogP contribution < -0.4 is 4.90 Å². The summed E-state index contributed by atoms with van der Waals surface area (Å²) in [5.41, 5.74) is 5.37. The Morgan fingerprint density at radius 2 is 1.64 bits per heavy atom. The number of imide groups is 1. The number of benzene rings is 3. The van der Waals surface area contributed by atoms with Crippen LogP contribution in [0, 0.1) is 19.3 Å². The average molecular weight is 540 g/mol. The molecule has 1 aliphatic heterocycles. The summed E-state index contributed by atoms with van der Waals surface area (Å²) in [6.07, 6.45) is 0.257. The molecule has 1 aliphatic rings. The number of hydrogen-bond donors (Lipinski definition) is 0. The Labute approximate surface area is 233 Å². The van der Waals surface area contributed by atoms with Crippen LogP contribution in [-0.2, 0) is 20.9 Å². The van der Waals surface area contributed by atoms with Gasteiger partial charge in [0.15, 0.2) is 0 Å². The van der Waals surface area contributed by atoms with Crippen LogP contribution in [0.25, 0.3) is 20.8 Å². The fraction of sp³-hybridized carbons (Fsp3) is 0.312. The van der Waals surface area contributed by atoms with E-state index >= 15 is 0 Å². The first-order chi connectivity index (χ1) is 18.5. The van der Waals surface area contributed by atoms with Crippen molar-refractivity contribution in [1.29, 1.82) is 0 Å². The number of aryl methyl sites for hydroxylation is 2. The molecule has 5 rings (SSSR count). The van der Waals surface area contributed by atoms with Crippen molar-refractivity contribution in [2.75, 3.05) is 4.90 Å². The van der Waals surface area contributed by atoms with E-state index in [4.69, 9.17) is 4.98 Å². The highest BCUT2D eigenvalue weighted by Crippen LogP contribution is 2.34. The first-order valence-corrected chi connectivity index (χ1v) is 14.0. The number of nitrogens with zero attached hydrogens (tertiary/aromatic N) is 3. The van der Waals surface area contributed by atoms with Gasteiger partial charge in [0, 0.05) is 18.5 Å². The lowest BCUT2D eigenvalue weighted by molar-refractivity contribution is -0.140. The first-order valence-electron chi connectivity index (χ1n) is 13.2. The molecule has 0 bridgehead atoms. The maximum Gasteiger partial charge on any atom is 0.257 e. The van der Waals surface area contributed by atoms with E-state index in [1.807, 2.05) is 76.2 Å². The van der Waals surface area contributed by atoms with E-state index < -0.39 is 6.04 Å². The third kappa shape index (κ3) is 5.78. The first kappa shape index (κ1) is 26.8. The molecule has 3 aromatic carbocycles. The Hall–Kier alpha value is -3.84. The molecule has 1 unspecified atom stereocenters. The number of carbonyl (C=O) groups excluding carboxylic acids is 3. The van der Waals surface area contributed by atoms with Crippen LogP contribution in [0.3, 0.4) is 0 Å². The summed E-state index contributed by atoms with van der Waals surface area (Å²) in [6, 6.07) is 20.6. The summed E-state index contributed by atoms with van der Waals surface area (Å²) in [7, 11) is 0. The zero-order valence-electron chi connectivity index (χ0n) is 23.0. The van der Waals surface area contributed by atoms with Crippen molar-refractivity contribution in [3.8, 4) is 10.6 Å². The number of thiazole rings is 1. The smallest absolute Gasteiger partial charge is 0.257 e. The van der Waals surface area contributed by atoms with Crippen LogP contribution in [0.1, 0.15) is 50.3 Å². The van der Waals surface area contributed by atoms with Crippen molar-refractivity contribution >= 4 is 45.0 Å². The van der Waals surface area contributed by atoms with Crippen LogP contribution >= 0.6 is 11.3 Å². The highest BCUT2D eigenvalue weighted by atomic mass is 32.1. The van der Waals surface area contributed by atoms with E-state index in [1.54, 1.807) is 28.4 Å². The molecule has 1 atom stereocenters. The predicted octanol–water partition coefficient (Wildman–Crippen LogP) is 6.68. The molecule has 6 nitrogen and oxygen atoms in total. The van der Waals surface area contributed by atoms with Crippen LogP contribution in [0.2, 0.25) is 0 Å². The average Bonchev–Trinajstić information content (AvgIpc) is 3.42. The van der Waals surface area contributed by atoms with Crippen molar-refractivity contribution in [2.45, 2.75) is 60.0 Å². The van der Waals surface area contributed by atoms with E-state index in [2.05, 4.69) is 13.0 Å². The summed E-state index contributed by atoms with van der Waals surface area (Å²) in [4.78, 5) is 47.8. The fourth-order valence-electron chi connectivity index (χ4n) is 4.86. The minimum atomic E-state index is -0.833. The molecule has 200 valence electrons. The monoisotopic (exact) mass is 539 g/mol. The van der Waals surface area contributed by atoms with E-state index in [1.165, 1.54) is 10.5 Å². The van der Waals surface area contributed by atoms with Crippen molar-refractivity contribution in [2.24, 2.45) is 5.41 Å². The molecule has 1 aromatic heterocycles. The van der Waals surface area contributed by atoms with E-state index in [-0.39, 0.29) is 42.5 Å². The van der Waals surface area contributed by atoms with Gasteiger partial charge in [-0.05, 0) is 66.8 Å². The predicted molar refractivity (Wildman–Crippen MR) is 156 cm³/mol. The van der Waals surface area contributed by atoms with E-state index in [0.29, 0.717) is 5.69 Å². The molecule has 0 radical (unpaired) electrons. The number of amides is 3. The number of hydrogen-bond acceptors (Lipinski definition) is 5. The van der Waals surface area contributed by atoms with Crippen LogP contribution in [0.5, 0.6) is 0 Å². The van der Waals surface area contributed by atoms with Gasteiger partial charge in [-0.2, -0.15) is 0 Å². The van der Waals surface area contributed by atoms with E-state index in [9.17, 15) is 14.4 Å². The molecule has 39 heavy (non-hydrogen) atoms. The Morgan fingerprint density at radius 3 is 2.31 bits per heavy atom. The molecule has 0 saturated carbocycles. The number of aromatic nitrogens is 1. The SMILES string of the molecule is Cc1ccc(CN(C(=O)CC(C)(C)C)C2CC(=O)N(c3ccc(-c4nc5ccc(C)cc5s4)cc3)C2=O)cc1. The van der Waals surface area contributed by atoms with Gasteiger partial charge in [0.1, 0.15) is 11.0 Å². The molecular weight excluding hydrogens is 506 g/mol. The molecule has 1 fully saturated rings. The van der Waals surface area contributed by atoms with Gasteiger partial charge in [0.25, 0.3) is 5.91 Å². The lowest BCUT2D eigenvalue weighted by Gasteiger charge is -2.30. The second kappa shape index (κ2) is 10.4. The van der Waals surface area contributed by atoms with Crippen molar-refractivity contribution in [1.82, 2.24) is 9.88 Å². The zero-order chi connectivity index (χ0) is 27.9. The molecule has 0 spiro atoms. The fourth-order valence-corrected chi connectivity index (χ4v) is 5.93. The standard InChI is InChI=1S/C32H33N3O3S/c1-20-6-9-22(10-7-20)19-34(29(37)18-32(3,4)5)26-17-28(36)35(31(26)38)24-13-11-23(12-14-24)30-33-25-15-8-21(2)16-27(25)39-30/h6-16,26H,17-19H2,1-5H3. The van der Waals surface area contributed by atoms with Crippen LogP contribution in [0.4, 0.5) is 5.69 Å². The lowest BCUT2D eigenvalue weighted by Crippen LogP contribution is -2.46. The second-order valence-electron chi connectivity index (χ2n) is 11.6. The maximum atomic E-state index is 13.7. The Balaban J connectivity index is 1.40. The number of rotatable bonds is 6. The molecule has 3 amide bonds. The topological polar surface area (TPSA) is 70.6 Å². The van der Waals surface area contributed by atoms with Crippen LogP contribution in [-0.4, -0.2) is 33.6 Å². The van der Waals surface area contributed by atoms with Gasteiger partial charge in [-0.3, -0.25) is 14.4 Å². The summed E-state index contributed by atoms with van der Waals surface area (Å²) >= 11 is 1.61. The van der Waals surface area contributed by atoms with Gasteiger partial charge in [-0.1, -0.05) is 56.7 Å². The van der Waals surface area contributed by atoms with Crippen molar-refractivity contribution < 1.29 is 14.4 Å². The second-order valence-corrected chi connectivity index (χ2v) is 12.6. The van der Waals surface area contributed by atoms with Gasteiger partial charge in [0.2, 0.25) is 11.8 Å². The molecule has 2 heterocycles. The summed E-state index contributed by atoms with van der Waals surface area (Å²) in [6.45, 7) is 10.3. The molecule has 4 aromatic rings. The Kier molecular flexibility index (Phi) is 7.12. The number of anilines is 1. The molecule has 1 saturated heterocycles. The quantitative estimate of drug-likeness (QED) is 0.256. The minimum absolute atomic E-state index is 0.0282. The summed E-state index contributed by atoms with van der Waals surface area (Å²) in [5, 5.41) is 0.885. The van der Waals surface area contributed by atoms with Gasteiger partial charge in [0.05, 0.1) is 22.3 Å². The van der Waals surface area contributed by atoms with E-state index in [0.717, 1.165) is 31.9 Å². The van der Waals surface area contributed by atoms with Crippen molar-refractivity contribution in [3.05, 3.63) is 83.4 Å². The Morgan fingerprint density at radius 1 is 0.974 bits per heavy atom. The molecule has 7 heteroatoms. The zero-order valence-corrected chi connectivity index (χ0v) is 23.8. The third-order valence-corrected chi connectivity index (χ3v) is 7.96. The lowest BCUT2D eigenvalue weighted by atomic mass is 9.91. The van der Waals surface area contributed by atoms with Crippen molar-refractivity contribution in [3.63, 3.8) is 0 Å². The molecular formula is C32H33N3O3S. The van der Waals surface area contributed by atoms with Gasteiger partial charge >= 0.3 is 0 Å². The van der Waals surface area contributed by atoms with Gasteiger partial charge in [-0.15, -0.1) is 11.3 Å². The minimum Gasteiger partial charge on any atom is -0.326 e. The van der Waals surface area contributed by atoms with Gasteiger partial charge in [-0.25, -0.2) is 9.88 Å². The normalized spacial score (nSPS) is 15.8. The highest BCUT2D eigenvalue weighted by molar-refractivity contribution is 7.21. The van der Waals surface area contributed by atoms with Crippen LogP contribution in [0.15, 0.2) is 66.7 Å². The highest BCUT2D eigenvalue weighted by Gasteiger charge is 2.44. The molecule has 0 aliphatic carbocycles. The number of fused-ring (bicyclic) bond motifs is 1. The summed E-state index contributed by atoms with van der Waals surface area (Å²) in [5.74, 6) is -0.791. The maximum absolute atomic E-state index is 13.7. The Bertz CT molecular complexity index is 1550. The van der Waals surface area contributed by atoms with Gasteiger partial charge < -0.3 is 4.90 Å². The number of carbonyl (C=O) groups is 3. The summed E-state index contributed by atoms with van der Waals surface area (Å²) < 4.78 is 1.12. The third-order valence-electron chi connectivity index (χ3n) is 6.89. The largest absolute Gasteiger partial charge is 0.326 e. The molecule has 0 N–H and O–H groups in total.